The van der Waals surface area contributed by atoms with E-state index in [0.717, 1.165) is 25.0 Å². The molecular formula is C13H16ClN5O. The number of hydrogen-bond acceptors (Lipinski definition) is 5. The molecule has 1 unspecified atom stereocenters. The molecule has 1 aliphatic heterocycles. The molecule has 0 saturated carbocycles. The molecule has 2 aromatic rings. The van der Waals surface area contributed by atoms with Gasteiger partial charge < -0.3 is 10.5 Å². The van der Waals surface area contributed by atoms with Crippen molar-refractivity contribution in [3.63, 3.8) is 0 Å². The number of aromatic nitrogens is 4. The molecule has 0 spiro atoms. The van der Waals surface area contributed by atoms with Gasteiger partial charge in [-0.05, 0) is 41.8 Å². The van der Waals surface area contributed by atoms with Gasteiger partial charge in [0.15, 0.2) is 5.82 Å². The van der Waals surface area contributed by atoms with Crippen molar-refractivity contribution in [2.75, 3.05) is 12.3 Å². The minimum absolute atomic E-state index is 0.159. The maximum absolute atomic E-state index is 6.05. The van der Waals surface area contributed by atoms with Gasteiger partial charge in [-0.2, -0.15) is 0 Å². The van der Waals surface area contributed by atoms with Crippen LogP contribution < -0.4 is 5.73 Å². The quantitative estimate of drug-likeness (QED) is 0.877. The van der Waals surface area contributed by atoms with Crippen LogP contribution in [0.2, 0.25) is 5.02 Å². The fourth-order valence-electron chi connectivity index (χ4n) is 2.40. The number of tetrazole rings is 1. The third-order valence-corrected chi connectivity index (χ3v) is 3.81. The summed E-state index contributed by atoms with van der Waals surface area (Å²) >= 11 is 6.05. The number of nitrogen functional groups attached to an aromatic ring is 1. The zero-order valence-electron chi connectivity index (χ0n) is 11.0. The van der Waals surface area contributed by atoms with Gasteiger partial charge in [-0.25, -0.2) is 4.68 Å². The zero-order valence-corrected chi connectivity index (χ0v) is 11.8. The van der Waals surface area contributed by atoms with Crippen molar-refractivity contribution in [1.82, 2.24) is 20.2 Å². The predicted octanol–water partition coefficient (Wildman–Crippen LogP) is 2.14. The van der Waals surface area contributed by atoms with Gasteiger partial charge in [0.1, 0.15) is 0 Å². The Hall–Kier alpha value is -1.66. The SMILES string of the molecule is Nc1c(Cl)cccc1-c1nnnn1CC1CCCCO1. The van der Waals surface area contributed by atoms with Crippen molar-refractivity contribution in [1.29, 1.82) is 0 Å². The van der Waals surface area contributed by atoms with Crippen LogP contribution in [0.3, 0.4) is 0 Å². The van der Waals surface area contributed by atoms with Gasteiger partial charge >= 0.3 is 0 Å². The molecule has 0 radical (unpaired) electrons. The van der Waals surface area contributed by atoms with Crippen molar-refractivity contribution in [2.45, 2.75) is 31.9 Å². The molecule has 0 aliphatic carbocycles. The second-order valence-corrected chi connectivity index (χ2v) is 5.28. The standard InChI is InChI=1S/C13H16ClN5O/c14-11-6-3-5-10(12(11)15)13-16-17-18-19(13)8-9-4-1-2-7-20-9/h3,5-6,9H,1-2,4,7-8,15H2. The third kappa shape index (κ3) is 2.62. The largest absolute Gasteiger partial charge is 0.397 e. The fraction of sp³-hybridized carbons (Fsp3) is 0.462. The van der Waals surface area contributed by atoms with Gasteiger partial charge in [-0.1, -0.05) is 17.7 Å². The second-order valence-electron chi connectivity index (χ2n) is 4.87. The van der Waals surface area contributed by atoms with Gasteiger partial charge in [0.25, 0.3) is 0 Å². The summed E-state index contributed by atoms with van der Waals surface area (Å²) in [6.07, 6.45) is 3.50. The van der Waals surface area contributed by atoms with E-state index in [1.807, 2.05) is 12.1 Å². The molecule has 0 bridgehead atoms. The smallest absolute Gasteiger partial charge is 0.184 e. The Morgan fingerprint density at radius 3 is 3.10 bits per heavy atom. The molecule has 6 nitrogen and oxygen atoms in total. The highest BCUT2D eigenvalue weighted by molar-refractivity contribution is 6.33. The highest BCUT2D eigenvalue weighted by Crippen LogP contribution is 2.30. The summed E-state index contributed by atoms with van der Waals surface area (Å²) in [5.41, 5.74) is 7.25. The Bertz CT molecular complexity index is 594. The maximum Gasteiger partial charge on any atom is 0.184 e. The lowest BCUT2D eigenvalue weighted by atomic mass is 10.1. The molecule has 7 heteroatoms. The van der Waals surface area contributed by atoms with E-state index in [9.17, 15) is 0 Å². The first-order chi connectivity index (χ1) is 9.75. The third-order valence-electron chi connectivity index (χ3n) is 3.48. The monoisotopic (exact) mass is 293 g/mol. The number of halogens is 1. The first kappa shape index (κ1) is 13.3. The molecule has 2 heterocycles. The molecule has 1 aliphatic rings. The zero-order chi connectivity index (χ0) is 13.9. The summed E-state index contributed by atoms with van der Waals surface area (Å²) in [6, 6.07) is 5.45. The molecular weight excluding hydrogens is 278 g/mol. The summed E-state index contributed by atoms with van der Waals surface area (Å²) in [5.74, 6) is 0.624. The first-order valence-corrected chi connectivity index (χ1v) is 7.05. The molecule has 1 fully saturated rings. The van der Waals surface area contributed by atoms with Crippen molar-refractivity contribution in [2.24, 2.45) is 0 Å². The van der Waals surface area contributed by atoms with E-state index in [1.54, 1.807) is 10.7 Å². The van der Waals surface area contributed by atoms with E-state index in [0.29, 0.717) is 23.1 Å². The highest BCUT2D eigenvalue weighted by Gasteiger charge is 2.19. The highest BCUT2D eigenvalue weighted by atomic mass is 35.5. The molecule has 20 heavy (non-hydrogen) atoms. The van der Waals surface area contributed by atoms with Crippen molar-refractivity contribution in [3.8, 4) is 11.4 Å². The Morgan fingerprint density at radius 2 is 2.30 bits per heavy atom. The normalized spacial score (nSPS) is 19.1. The number of anilines is 1. The molecule has 106 valence electrons. The van der Waals surface area contributed by atoms with Gasteiger partial charge in [0.05, 0.1) is 23.4 Å². The van der Waals surface area contributed by atoms with Gasteiger partial charge in [0, 0.05) is 12.2 Å². The molecule has 1 atom stereocenters. The lowest BCUT2D eigenvalue weighted by Crippen LogP contribution is -2.25. The number of benzene rings is 1. The minimum Gasteiger partial charge on any atom is -0.397 e. The lowest BCUT2D eigenvalue weighted by Gasteiger charge is -2.22. The summed E-state index contributed by atoms with van der Waals surface area (Å²) in [7, 11) is 0. The van der Waals surface area contributed by atoms with E-state index in [4.69, 9.17) is 22.1 Å². The van der Waals surface area contributed by atoms with Crippen LogP contribution in [0, 0.1) is 0 Å². The summed E-state index contributed by atoms with van der Waals surface area (Å²) in [4.78, 5) is 0. The second kappa shape index (κ2) is 5.76. The van der Waals surface area contributed by atoms with E-state index in [1.165, 1.54) is 6.42 Å². The topological polar surface area (TPSA) is 78.9 Å². The predicted molar refractivity (Wildman–Crippen MR) is 76.3 cm³/mol. The average Bonchev–Trinajstić information content (AvgIpc) is 2.91. The number of para-hydroxylation sites is 1. The van der Waals surface area contributed by atoms with Crippen LogP contribution in [-0.4, -0.2) is 32.9 Å². The number of nitrogens with two attached hydrogens (primary N) is 1. The molecule has 1 aromatic carbocycles. The van der Waals surface area contributed by atoms with Gasteiger partial charge in [-0.3, -0.25) is 0 Å². The van der Waals surface area contributed by atoms with Crippen LogP contribution in [-0.2, 0) is 11.3 Å². The van der Waals surface area contributed by atoms with Crippen molar-refractivity contribution in [3.05, 3.63) is 23.2 Å². The Kier molecular flexibility index (Phi) is 3.84. The Balaban J connectivity index is 1.87. The van der Waals surface area contributed by atoms with Crippen LogP contribution in [0.15, 0.2) is 18.2 Å². The average molecular weight is 294 g/mol. The van der Waals surface area contributed by atoms with Gasteiger partial charge in [-0.15, -0.1) is 5.10 Å². The lowest BCUT2D eigenvalue weighted by molar-refractivity contribution is 0.00398. The number of nitrogens with zero attached hydrogens (tertiary/aromatic N) is 4. The van der Waals surface area contributed by atoms with Crippen LogP contribution in [0.25, 0.3) is 11.4 Å². The summed E-state index contributed by atoms with van der Waals surface area (Å²) in [5, 5.41) is 12.3. The van der Waals surface area contributed by atoms with Crippen LogP contribution in [0.1, 0.15) is 19.3 Å². The van der Waals surface area contributed by atoms with E-state index < -0.39 is 0 Å². The number of hydrogen-bond donors (Lipinski definition) is 1. The van der Waals surface area contributed by atoms with Crippen molar-refractivity contribution < 1.29 is 4.74 Å². The van der Waals surface area contributed by atoms with E-state index in [-0.39, 0.29) is 6.10 Å². The van der Waals surface area contributed by atoms with E-state index in [2.05, 4.69) is 15.5 Å². The fourth-order valence-corrected chi connectivity index (χ4v) is 2.57. The minimum atomic E-state index is 0.159. The van der Waals surface area contributed by atoms with E-state index >= 15 is 0 Å². The van der Waals surface area contributed by atoms with Crippen LogP contribution >= 0.6 is 11.6 Å². The Morgan fingerprint density at radius 1 is 1.40 bits per heavy atom. The molecule has 3 rings (SSSR count). The molecule has 0 amide bonds. The Labute approximate surface area is 121 Å². The van der Waals surface area contributed by atoms with Crippen LogP contribution in [0.5, 0.6) is 0 Å². The maximum atomic E-state index is 6.05. The van der Waals surface area contributed by atoms with Crippen molar-refractivity contribution >= 4 is 17.3 Å². The first-order valence-electron chi connectivity index (χ1n) is 6.68. The van der Waals surface area contributed by atoms with Crippen LogP contribution in [0.4, 0.5) is 5.69 Å². The molecule has 1 aromatic heterocycles. The number of rotatable bonds is 3. The summed E-state index contributed by atoms with van der Waals surface area (Å²) in [6.45, 7) is 1.44. The molecule has 2 N–H and O–H groups in total. The van der Waals surface area contributed by atoms with Gasteiger partial charge in [0.2, 0.25) is 0 Å². The summed E-state index contributed by atoms with van der Waals surface area (Å²) < 4.78 is 7.46. The molecule has 1 saturated heterocycles. The number of ether oxygens (including phenoxy) is 1.